The largest absolute Gasteiger partial charge is 0.370 e. The molecule has 1 saturated heterocycles. The van der Waals surface area contributed by atoms with Crippen molar-refractivity contribution >= 4 is 23.4 Å². The van der Waals surface area contributed by atoms with Crippen molar-refractivity contribution < 1.29 is 0 Å². The Morgan fingerprint density at radius 3 is 2.88 bits per heavy atom. The Morgan fingerprint density at radius 2 is 2.24 bits per heavy atom. The molecule has 0 bridgehead atoms. The highest BCUT2D eigenvalue weighted by Gasteiger charge is 2.14. The van der Waals surface area contributed by atoms with E-state index in [4.69, 9.17) is 5.73 Å². The molecule has 1 aromatic carbocycles. The summed E-state index contributed by atoms with van der Waals surface area (Å²) in [4.78, 5) is 4.39. The van der Waals surface area contributed by atoms with E-state index in [1.807, 2.05) is 23.9 Å². The Morgan fingerprint density at radius 1 is 1.47 bits per heavy atom. The maximum atomic E-state index is 5.85. The van der Waals surface area contributed by atoms with Gasteiger partial charge in [0.25, 0.3) is 0 Å². The number of rotatable bonds is 3. The maximum Gasteiger partial charge on any atom is 0.193 e. The number of aliphatic imine (C=N–C) groups is 1. The predicted molar refractivity (Wildman–Crippen MR) is 76.8 cm³/mol. The Labute approximate surface area is 107 Å². The number of nitrogens with two attached hydrogens (primary N) is 1. The average molecular weight is 249 g/mol. The highest BCUT2D eigenvalue weighted by atomic mass is 32.2. The monoisotopic (exact) mass is 249 g/mol. The smallest absolute Gasteiger partial charge is 0.193 e. The van der Waals surface area contributed by atoms with Crippen molar-refractivity contribution in [1.82, 2.24) is 0 Å². The van der Waals surface area contributed by atoms with E-state index >= 15 is 0 Å². The van der Waals surface area contributed by atoms with E-state index in [0.29, 0.717) is 11.2 Å². The van der Waals surface area contributed by atoms with Gasteiger partial charge in [0.2, 0.25) is 0 Å². The summed E-state index contributed by atoms with van der Waals surface area (Å²) in [5.41, 5.74) is 8.09. The van der Waals surface area contributed by atoms with Crippen LogP contribution in [0.5, 0.6) is 0 Å². The third-order valence-electron chi connectivity index (χ3n) is 2.81. The second kappa shape index (κ2) is 5.96. The van der Waals surface area contributed by atoms with Crippen molar-refractivity contribution in [2.45, 2.75) is 25.0 Å². The van der Waals surface area contributed by atoms with Crippen molar-refractivity contribution in [3.05, 3.63) is 29.8 Å². The molecule has 1 atom stereocenters. The van der Waals surface area contributed by atoms with Gasteiger partial charge in [-0.3, -0.25) is 4.99 Å². The van der Waals surface area contributed by atoms with Gasteiger partial charge in [0.1, 0.15) is 0 Å². The van der Waals surface area contributed by atoms with E-state index in [0.717, 1.165) is 12.2 Å². The zero-order chi connectivity index (χ0) is 12.1. The van der Waals surface area contributed by atoms with Crippen molar-refractivity contribution in [1.29, 1.82) is 0 Å². The molecule has 0 aliphatic carbocycles. The van der Waals surface area contributed by atoms with E-state index in [1.54, 1.807) is 0 Å². The predicted octanol–water partition coefficient (Wildman–Crippen LogP) is 2.62. The fourth-order valence-corrected chi connectivity index (χ4v) is 2.99. The maximum absolute atomic E-state index is 5.85. The van der Waals surface area contributed by atoms with E-state index in [1.165, 1.54) is 24.2 Å². The van der Waals surface area contributed by atoms with E-state index in [2.05, 4.69) is 29.4 Å². The molecule has 4 heteroatoms. The Bertz CT molecular complexity index is 380. The molecule has 0 saturated carbocycles. The number of hydrogen-bond acceptors (Lipinski definition) is 2. The van der Waals surface area contributed by atoms with Crippen LogP contribution in [0, 0.1) is 6.92 Å². The zero-order valence-electron chi connectivity index (χ0n) is 10.1. The molecule has 3 nitrogen and oxygen atoms in total. The molecule has 1 aromatic rings. The summed E-state index contributed by atoms with van der Waals surface area (Å²) >= 11 is 2.00. The van der Waals surface area contributed by atoms with Gasteiger partial charge in [-0.1, -0.05) is 17.7 Å². The summed E-state index contributed by atoms with van der Waals surface area (Å²) in [6.07, 6.45) is 2.59. The molecule has 1 unspecified atom stereocenters. The van der Waals surface area contributed by atoms with Crippen LogP contribution in [0.15, 0.2) is 29.3 Å². The van der Waals surface area contributed by atoms with Crippen LogP contribution < -0.4 is 11.1 Å². The number of nitrogens with zero attached hydrogens (tertiary/aromatic N) is 1. The molecule has 1 heterocycles. The lowest BCUT2D eigenvalue weighted by molar-refractivity contribution is 0.786. The summed E-state index contributed by atoms with van der Waals surface area (Å²) in [5.74, 6) is 1.78. The van der Waals surface area contributed by atoms with E-state index < -0.39 is 0 Å². The summed E-state index contributed by atoms with van der Waals surface area (Å²) in [6, 6.07) is 8.15. The lowest BCUT2D eigenvalue weighted by Crippen LogP contribution is -2.23. The lowest BCUT2D eigenvalue weighted by atomic mass is 10.2. The first-order chi connectivity index (χ1) is 8.24. The number of benzene rings is 1. The molecule has 0 amide bonds. The van der Waals surface area contributed by atoms with Gasteiger partial charge in [0.05, 0.1) is 6.54 Å². The first kappa shape index (κ1) is 12.3. The number of anilines is 1. The normalized spacial score (nSPS) is 20.5. The van der Waals surface area contributed by atoms with Crippen LogP contribution in [-0.2, 0) is 0 Å². The molecule has 0 spiro atoms. The zero-order valence-corrected chi connectivity index (χ0v) is 11.0. The van der Waals surface area contributed by atoms with Gasteiger partial charge in [-0.2, -0.15) is 11.8 Å². The third-order valence-corrected chi connectivity index (χ3v) is 4.19. The van der Waals surface area contributed by atoms with Gasteiger partial charge in [-0.05, 0) is 37.7 Å². The molecule has 17 heavy (non-hydrogen) atoms. The summed E-state index contributed by atoms with van der Waals surface area (Å²) in [5, 5.41) is 3.77. The second-order valence-electron chi connectivity index (χ2n) is 4.35. The van der Waals surface area contributed by atoms with Crippen molar-refractivity contribution in [3.8, 4) is 0 Å². The van der Waals surface area contributed by atoms with Gasteiger partial charge in [-0.15, -0.1) is 0 Å². The van der Waals surface area contributed by atoms with Crippen molar-refractivity contribution in [3.63, 3.8) is 0 Å². The first-order valence-electron chi connectivity index (χ1n) is 5.99. The van der Waals surface area contributed by atoms with Crippen LogP contribution in [0.2, 0.25) is 0 Å². The topological polar surface area (TPSA) is 50.4 Å². The molecular formula is C13H19N3S. The van der Waals surface area contributed by atoms with E-state index in [9.17, 15) is 0 Å². The van der Waals surface area contributed by atoms with Crippen LogP contribution in [0.25, 0.3) is 0 Å². The van der Waals surface area contributed by atoms with Gasteiger partial charge < -0.3 is 11.1 Å². The molecule has 1 aliphatic heterocycles. The molecular weight excluding hydrogens is 230 g/mol. The molecule has 2 rings (SSSR count). The fourth-order valence-electron chi connectivity index (χ4n) is 1.81. The molecule has 1 fully saturated rings. The van der Waals surface area contributed by atoms with Crippen LogP contribution in [0.3, 0.4) is 0 Å². The number of guanidine groups is 1. The first-order valence-corrected chi connectivity index (χ1v) is 7.04. The van der Waals surface area contributed by atoms with Crippen molar-refractivity contribution in [2.24, 2.45) is 10.7 Å². The quantitative estimate of drug-likeness (QED) is 0.639. The molecule has 1 aliphatic rings. The number of hydrogen-bond donors (Lipinski definition) is 2. The number of aryl methyl sites for hydroxylation is 1. The van der Waals surface area contributed by atoms with Crippen LogP contribution >= 0.6 is 11.8 Å². The minimum atomic E-state index is 0.515. The Kier molecular flexibility index (Phi) is 4.31. The highest BCUT2D eigenvalue weighted by molar-refractivity contribution is 8.00. The Hall–Kier alpha value is -1.16. The van der Waals surface area contributed by atoms with Crippen LogP contribution in [0.1, 0.15) is 18.4 Å². The van der Waals surface area contributed by atoms with Gasteiger partial charge in [-0.25, -0.2) is 0 Å². The summed E-state index contributed by atoms with van der Waals surface area (Å²) in [6.45, 7) is 2.90. The second-order valence-corrected chi connectivity index (χ2v) is 5.76. The van der Waals surface area contributed by atoms with Gasteiger partial charge >= 0.3 is 0 Å². The summed E-state index contributed by atoms with van der Waals surface area (Å²) in [7, 11) is 0. The summed E-state index contributed by atoms with van der Waals surface area (Å²) < 4.78 is 0. The van der Waals surface area contributed by atoms with E-state index in [-0.39, 0.29) is 0 Å². The number of thioether (sulfide) groups is 1. The van der Waals surface area contributed by atoms with Crippen LogP contribution in [0.4, 0.5) is 5.69 Å². The third kappa shape index (κ3) is 3.97. The standard InChI is InChI=1S/C13H19N3S/c1-10-4-6-11(7-5-10)16-13(14)15-9-12-3-2-8-17-12/h4-7,12H,2-3,8-9H2,1H3,(H3,14,15,16). The Balaban J connectivity index is 1.84. The lowest BCUT2D eigenvalue weighted by Gasteiger charge is -2.08. The highest BCUT2D eigenvalue weighted by Crippen LogP contribution is 2.26. The van der Waals surface area contributed by atoms with Gasteiger partial charge in [0.15, 0.2) is 5.96 Å². The molecule has 0 aromatic heterocycles. The van der Waals surface area contributed by atoms with Crippen molar-refractivity contribution in [2.75, 3.05) is 17.6 Å². The molecule has 92 valence electrons. The van der Waals surface area contributed by atoms with Crippen LogP contribution in [-0.4, -0.2) is 23.5 Å². The van der Waals surface area contributed by atoms with Gasteiger partial charge in [0, 0.05) is 10.9 Å². The molecule has 0 radical (unpaired) electrons. The fraction of sp³-hybridized carbons (Fsp3) is 0.462. The number of nitrogens with one attached hydrogen (secondary N) is 1. The minimum absolute atomic E-state index is 0.515. The molecule has 3 N–H and O–H groups in total. The SMILES string of the molecule is Cc1ccc(NC(N)=NCC2CCCS2)cc1. The minimum Gasteiger partial charge on any atom is -0.370 e. The average Bonchev–Trinajstić information content (AvgIpc) is 2.83.